The topological polar surface area (TPSA) is 60.9 Å². The molecule has 0 aliphatic carbocycles. The Labute approximate surface area is 141 Å². The summed E-state index contributed by atoms with van der Waals surface area (Å²) in [5, 5.41) is 9.19. The smallest absolute Gasteiger partial charge is 0.335 e. The number of benzene rings is 2. The van der Waals surface area contributed by atoms with Gasteiger partial charge in [0.05, 0.1) is 5.56 Å². The number of nitrogens with zero attached hydrogens (tertiary/aromatic N) is 2. The number of carbonyl (C=O) groups is 2. The number of aromatic carboxylic acids is 1. The van der Waals surface area contributed by atoms with Crippen LogP contribution in [0.2, 0.25) is 0 Å². The Morgan fingerprint density at radius 1 is 1.17 bits per heavy atom. The molecule has 0 spiro atoms. The molecular formula is C19H20N2O3. The number of anilines is 2. The van der Waals surface area contributed by atoms with E-state index in [0.717, 1.165) is 11.3 Å². The lowest BCUT2D eigenvalue weighted by molar-refractivity contribution is -0.119. The van der Waals surface area contributed by atoms with E-state index in [2.05, 4.69) is 0 Å². The molecule has 3 rings (SSSR count). The first-order valence-electron chi connectivity index (χ1n) is 7.90. The van der Waals surface area contributed by atoms with Gasteiger partial charge >= 0.3 is 5.97 Å². The second-order valence-corrected chi connectivity index (χ2v) is 6.23. The molecule has 1 amide bonds. The van der Waals surface area contributed by atoms with Crippen LogP contribution < -0.4 is 9.80 Å². The molecule has 0 aromatic heterocycles. The Bertz CT molecular complexity index is 801. The van der Waals surface area contributed by atoms with Crippen LogP contribution in [0.4, 0.5) is 11.4 Å². The predicted molar refractivity (Wildman–Crippen MR) is 93.6 cm³/mol. The van der Waals surface area contributed by atoms with Gasteiger partial charge in [-0.3, -0.25) is 4.79 Å². The van der Waals surface area contributed by atoms with Gasteiger partial charge < -0.3 is 14.9 Å². The highest BCUT2D eigenvalue weighted by atomic mass is 16.4. The van der Waals surface area contributed by atoms with E-state index in [1.165, 1.54) is 0 Å². The van der Waals surface area contributed by atoms with Crippen LogP contribution >= 0.6 is 0 Å². The quantitative estimate of drug-likeness (QED) is 0.937. The lowest BCUT2D eigenvalue weighted by Crippen LogP contribution is -2.39. The summed E-state index contributed by atoms with van der Waals surface area (Å²) in [6.07, 6.45) is 0. The summed E-state index contributed by atoms with van der Waals surface area (Å²) >= 11 is 0. The van der Waals surface area contributed by atoms with Gasteiger partial charge in [0, 0.05) is 30.0 Å². The molecule has 5 nitrogen and oxygen atoms in total. The van der Waals surface area contributed by atoms with E-state index in [-0.39, 0.29) is 17.5 Å². The first kappa shape index (κ1) is 16.1. The summed E-state index contributed by atoms with van der Waals surface area (Å²) in [6, 6.07) is 14.0. The number of carbonyl (C=O) groups excluding carboxylic acids is 1. The van der Waals surface area contributed by atoms with Crippen molar-refractivity contribution in [1.82, 2.24) is 0 Å². The van der Waals surface area contributed by atoms with E-state index < -0.39 is 12.0 Å². The summed E-state index contributed by atoms with van der Waals surface area (Å²) in [4.78, 5) is 27.9. The van der Waals surface area contributed by atoms with E-state index in [1.807, 2.05) is 56.1 Å². The second kappa shape index (κ2) is 6.00. The van der Waals surface area contributed by atoms with Crippen LogP contribution in [-0.2, 0) is 4.79 Å². The summed E-state index contributed by atoms with van der Waals surface area (Å²) in [7, 11) is 1.82. The highest BCUT2D eigenvalue weighted by Crippen LogP contribution is 2.41. The first-order chi connectivity index (χ1) is 11.4. The molecule has 0 fully saturated rings. The second-order valence-electron chi connectivity index (χ2n) is 6.23. The molecule has 24 heavy (non-hydrogen) atoms. The van der Waals surface area contributed by atoms with Gasteiger partial charge in [0.1, 0.15) is 6.04 Å². The van der Waals surface area contributed by atoms with E-state index in [9.17, 15) is 14.7 Å². The third-order valence-corrected chi connectivity index (χ3v) is 4.37. The van der Waals surface area contributed by atoms with Gasteiger partial charge in [-0.05, 0) is 38.1 Å². The average molecular weight is 324 g/mol. The number of rotatable bonds is 4. The van der Waals surface area contributed by atoms with Gasteiger partial charge in [0.25, 0.3) is 5.91 Å². The van der Waals surface area contributed by atoms with E-state index in [0.29, 0.717) is 5.69 Å². The molecular weight excluding hydrogens is 304 g/mol. The van der Waals surface area contributed by atoms with Gasteiger partial charge in [-0.25, -0.2) is 4.79 Å². The first-order valence-corrected chi connectivity index (χ1v) is 7.90. The lowest BCUT2D eigenvalue weighted by atomic mass is 10.1. The molecule has 5 heteroatoms. The van der Waals surface area contributed by atoms with E-state index in [4.69, 9.17) is 0 Å². The number of likely N-dealkylation sites (N-methyl/N-ethyl adjacent to an activating group) is 1. The fourth-order valence-electron chi connectivity index (χ4n) is 3.24. The molecule has 0 radical (unpaired) electrons. The SMILES string of the molecule is CC(C)N1C(=O)C(N(C)c2cccc(C(=O)O)c2)c2ccccc21. The normalized spacial score (nSPS) is 16.4. The van der Waals surface area contributed by atoms with Crippen molar-refractivity contribution in [2.75, 3.05) is 16.8 Å². The van der Waals surface area contributed by atoms with Crippen LogP contribution in [0, 0.1) is 0 Å². The summed E-state index contributed by atoms with van der Waals surface area (Å²) < 4.78 is 0. The van der Waals surface area contributed by atoms with Crippen molar-refractivity contribution in [2.45, 2.75) is 25.9 Å². The molecule has 1 heterocycles. The van der Waals surface area contributed by atoms with E-state index >= 15 is 0 Å². The van der Waals surface area contributed by atoms with Crippen molar-refractivity contribution in [3.05, 3.63) is 59.7 Å². The lowest BCUT2D eigenvalue weighted by Gasteiger charge is -2.27. The van der Waals surface area contributed by atoms with Crippen LogP contribution in [0.15, 0.2) is 48.5 Å². The van der Waals surface area contributed by atoms with Crippen LogP contribution in [0.5, 0.6) is 0 Å². The Morgan fingerprint density at radius 2 is 1.88 bits per heavy atom. The molecule has 2 aromatic rings. The molecule has 1 unspecified atom stereocenters. The maximum absolute atomic E-state index is 13.0. The zero-order chi connectivity index (χ0) is 17.4. The molecule has 1 aliphatic heterocycles. The van der Waals surface area contributed by atoms with E-state index in [1.54, 1.807) is 23.1 Å². The average Bonchev–Trinajstić information content (AvgIpc) is 2.86. The van der Waals surface area contributed by atoms with Crippen molar-refractivity contribution in [2.24, 2.45) is 0 Å². The predicted octanol–water partition coefficient (Wildman–Crippen LogP) is 3.32. The van der Waals surface area contributed by atoms with Crippen molar-refractivity contribution >= 4 is 23.3 Å². The highest BCUT2D eigenvalue weighted by Gasteiger charge is 2.40. The molecule has 2 aromatic carbocycles. The van der Waals surface area contributed by atoms with Crippen molar-refractivity contribution < 1.29 is 14.7 Å². The zero-order valence-electron chi connectivity index (χ0n) is 13.9. The van der Waals surface area contributed by atoms with Gasteiger partial charge in [-0.15, -0.1) is 0 Å². The Kier molecular flexibility index (Phi) is 4.01. The number of hydrogen-bond acceptors (Lipinski definition) is 3. The number of hydrogen-bond donors (Lipinski definition) is 1. The fourth-order valence-corrected chi connectivity index (χ4v) is 3.24. The minimum atomic E-state index is -0.979. The molecule has 0 saturated carbocycles. The maximum Gasteiger partial charge on any atom is 0.335 e. The fraction of sp³-hybridized carbons (Fsp3) is 0.263. The maximum atomic E-state index is 13.0. The molecule has 124 valence electrons. The van der Waals surface area contributed by atoms with Crippen molar-refractivity contribution in [1.29, 1.82) is 0 Å². The van der Waals surface area contributed by atoms with Gasteiger partial charge in [-0.1, -0.05) is 24.3 Å². The number of carboxylic acids is 1. The van der Waals surface area contributed by atoms with Gasteiger partial charge in [0.15, 0.2) is 0 Å². The summed E-state index contributed by atoms with van der Waals surface area (Å²) in [6.45, 7) is 3.98. The Hall–Kier alpha value is -2.82. The number of amides is 1. The highest BCUT2D eigenvalue weighted by molar-refractivity contribution is 6.06. The minimum Gasteiger partial charge on any atom is -0.478 e. The standard InChI is InChI=1S/C19H20N2O3/c1-12(2)21-16-10-5-4-9-15(16)17(18(21)22)20(3)14-8-6-7-13(11-14)19(23)24/h4-12,17H,1-3H3,(H,23,24). The summed E-state index contributed by atoms with van der Waals surface area (Å²) in [5.41, 5.74) is 2.77. The van der Waals surface area contributed by atoms with Gasteiger partial charge in [-0.2, -0.15) is 0 Å². The van der Waals surface area contributed by atoms with Crippen LogP contribution in [0.3, 0.4) is 0 Å². The number of para-hydroxylation sites is 1. The molecule has 1 N–H and O–H groups in total. The van der Waals surface area contributed by atoms with Gasteiger partial charge in [0.2, 0.25) is 0 Å². The summed E-state index contributed by atoms with van der Waals surface area (Å²) in [5.74, 6) is -0.971. The number of fused-ring (bicyclic) bond motifs is 1. The monoisotopic (exact) mass is 324 g/mol. The Balaban J connectivity index is 2.04. The zero-order valence-corrected chi connectivity index (χ0v) is 13.9. The number of carboxylic acid groups (broad SMARTS) is 1. The van der Waals surface area contributed by atoms with Crippen LogP contribution in [0.25, 0.3) is 0 Å². The molecule has 0 saturated heterocycles. The van der Waals surface area contributed by atoms with Crippen molar-refractivity contribution in [3.8, 4) is 0 Å². The third-order valence-electron chi connectivity index (χ3n) is 4.37. The Morgan fingerprint density at radius 3 is 2.54 bits per heavy atom. The third kappa shape index (κ3) is 2.52. The van der Waals surface area contributed by atoms with Crippen LogP contribution in [-0.4, -0.2) is 30.1 Å². The van der Waals surface area contributed by atoms with Crippen LogP contribution in [0.1, 0.15) is 35.8 Å². The molecule has 1 atom stereocenters. The largest absolute Gasteiger partial charge is 0.478 e. The molecule has 1 aliphatic rings. The molecule has 0 bridgehead atoms. The van der Waals surface area contributed by atoms with Crippen molar-refractivity contribution in [3.63, 3.8) is 0 Å². The minimum absolute atomic E-state index is 0.00873.